The molecule has 1 aromatic heterocycles. The lowest BCUT2D eigenvalue weighted by molar-refractivity contribution is -0.651. The molecule has 1 aliphatic rings. The molecule has 3 heteroatoms. The predicted molar refractivity (Wildman–Crippen MR) is 133 cm³/mol. The number of benzene rings is 4. The van der Waals surface area contributed by atoms with Crippen LogP contribution in [0.5, 0.6) is 0 Å². The lowest BCUT2D eigenvalue weighted by Crippen LogP contribution is -2.72. The highest BCUT2D eigenvalue weighted by Crippen LogP contribution is 2.30. The highest BCUT2D eigenvalue weighted by molar-refractivity contribution is 7.21. The summed E-state index contributed by atoms with van der Waals surface area (Å²) in [5.74, 6) is 0.923. The molecule has 0 saturated heterocycles. The molecule has 0 bridgehead atoms. The van der Waals surface area contributed by atoms with E-state index in [0.717, 1.165) is 16.8 Å². The smallest absolute Gasteiger partial charge is 0.380 e. The third-order valence-corrected chi connectivity index (χ3v) is 11.4. The fraction of sp³-hybridized carbons (Fsp3) is 0.0690. The van der Waals surface area contributed by atoms with Crippen LogP contribution in [0.1, 0.15) is 5.56 Å². The second-order valence-corrected chi connectivity index (χ2v) is 12.1. The van der Waals surface area contributed by atoms with Gasteiger partial charge in [-0.2, -0.15) is 4.57 Å². The summed E-state index contributed by atoms with van der Waals surface area (Å²) < 4.78 is 9.22. The van der Waals surface area contributed by atoms with Crippen LogP contribution in [0.3, 0.4) is 0 Å². The van der Waals surface area contributed by atoms with Gasteiger partial charge in [-0.1, -0.05) is 97.1 Å². The van der Waals surface area contributed by atoms with E-state index in [-0.39, 0.29) is 0 Å². The van der Waals surface area contributed by atoms with Gasteiger partial charge in [-0.05, 0) is 40.2 Å². The summed E-state index contributed by atoms with van der Waals surface area (Å²) in [4.78, 5) is 0. The molecule has 0 N–H and O–H groups in total. The molecule has 2 heterocycles. The maximum Gasteiger partial charge on any atom is 0.380 e. The summed E-state index contributed by atoms with van der Waals surface area (Å²) in [6, 6.07) is 39.3. The van der Waals surface area contributed by atoms with Crippen molar-refractivity contribution in [2.45, 2.75) is 6.92 Å². The molecule has 5 aromatic rings. The van der Waals surface area contributed by atoms with Crippen LogP contribution in [0.2, 0.25) is 0 Å². The Hall–Kier alpha value is -3.69. The van der Waals surface area contributed by atoms with E-state index >= 15 is 0 Å². The quantitative estimate of drug-likeness (QED) is 0.311. The molecule has 154 valence electrons. The number of rotatable bonds is 3. The van der Waals surface area contributed by atoms with Crippen molar-refractivity contribution >= 4 is 29.0 Å². The van der Waals surface area contributed by atoms with E-state index < -0.39 is 8.07 Å². The molecular formula is C29H24NOSi+. The van der Waals surface area contributed by atoms with Crippen molar-refractivity contribution in [2.75, 3.05) is 0 Å². The molecular weight excluding hydrogens is 406 g/mol. The van der Waals surface area contributed by atoms with Crippen LogP contribution in [-0.2, 0) is 7.05 Å². The largest absolute Gasteiger partial charge is 0.406 e. The summed E-state index contributed by atoms with van der Waals surface area (Å²) in [5.41, 5.74) is 4.85. The number of aromatic nitrogens is 1. The molecule has 0 radical (unpaired) electrons. The van der Waals surface area contributed by atoms with Gasteiger partial charge in [-0.3, -0.25) is 0 Å². The van der Waals surface area contributed by atoms with Gasteiger partial charge in [0.1, 0.15) is 7.05 Å². The maximum absolute atomic E-state index is 6.96. The van der Waals surface area contributed by atoms with Gasteiger partial charge in [-0.15, -0.1) is 0 Å². The minimum Gasteiger partial charge on any atom is -0.406 e. The van der Waals surface area contributed by atoms with E-state index in [1.807, 2.05) is 0 Å². The number of fused-ring (bicyclic) bond motifs is 3. The molecule has 1 aliphatic heterocycles. The molecule has 0 unspecified atom stereocenters. The molecule has 0 saturated carbocycles. The van der Waals surface area contributed by atoms with Crippen molar-refractivity contribution in [2.24, 2.45) is 7.05 Å². The van der Waals surface area contributed by atoms with Crippen LogP contribution in [0, 0.1) is 6.92 Å². The van der Waals surface area contributed by atoms with E-state index in [1.165, 1.54) is 32.4 Å². The lowest BCUT2D eigenvalue weighted by atomic mass is 10.1. The molecule has 4 aromatic carbocycles. The van der Waals surface area contributed by atoms with Gasteiger partial charge in [0.05, 0.1) is 5.56 Å². The Morgan fingerprint density at radius 2 is 1.16 bits per heavy atom. The van der Waals surface area contributed by atoms with Gasteiger partial charge >= 0.3 is 5.89 Å². The zero-order valence-electron chi connectivity index (χ0n) is 18.2. The number of aryl methyl sites for hydroxylation is 1. The summed E-state index contributed by atoms with van der Waals surface area (Å²) in [6.07, 6.45) is 0. The van der Waals surface area contributed by atoms with E-state index in [0.29, 0.717) is 0 Å². The zero-order valence-corrected chi connectivity index (χ0v) is 19.2. The monoisotopic (exact) mass is 430 g/mol. The summed E-state index contributed by atoms with van der Waals surface area (Å²) in [5, 5.41) is 5.22. The Morgan fingerprint density at radius 1 is 0.625 bits per heavy atom. The van der Waals surface area contributed by atoms with Crippen LogP contribution in [0.25, 0.3) is 22.7 Å². The van der Waals surface area contributed by atoms with Crippen molar-refractivity contribution in [3.8, 4) is 22.7 Å². The van der Waals surface area contributed by atoms with E-state index in [4.69, 9.17) is 4.42 Å². The normalized spacial score (nSPS) is 13.6. The molecule has 2 nitrogen and oxygen atoms in total. The highest BCUT2D eigenvalue weighted by Gasteiger charge is 2.56. The maximum atomic E-state index is 6.96. The molecule has 0 fully saturated rings. The molecule has 32 heavy (non-hydrogen) atoms. The van der Waals surface area contributed by atoms with Crippen LogP contribution in [0.4, 0.5) is 0 Å². The summed E-state index contributed by atoms with van der Waals surface area (Å²) >= 11 is 0. The van der Waals surface area contributed by atoms with Crippen molar-refractivity contribution in [1.82, 2.24) is 0 Å². The minimum absolute atomic E-state index is 0.923. The Labute approximate surface area is 189 Å². The number of hydrogen-bond acceptors (Lipinski definition) is 1. The summed E-state index contributed by atoms with van der Waals surface area (Å²) in [7, 11) is -0.434. The Morgan fingerprint density at radius 3 is 1.78 bits per heavy atom. The fourth-order valence-corrected chi connectivity index (χ4v) is 10.3. The standard InChI is InChI=1S/C29H24NOSi/c1-21-13-9-10-18-24(21)28-30(2)27-25-19-11-12-20-26(25)32(29(27)31-28,22-14-5-3-6-15-22)23-16-7-4-8-17-23/h3-20H,1-2H3/q+1. The second-order valence-electron chi connectivity index (χ2n) is 8.49. The van der Waals surface area contributed by atoms with Gasteiger partial charge in [0, 0.05) is 5.56 Å². The SMILES string of the molecule is Cc1ccccc1-c1oc2c([n+]1C)-c1ccccc1[Si]2(c1ccccc1)c1ccccc1. The van der Waals surface area contributed by atoms with Gasteiger partial charge in [-0.25, -0.2) is 0 Å². The van der Waals surface area contributed by atoms with Gasteiger partial charge in [0.2, 0.25) is 13.8 Å². The predicted octanol–water partition coefficient (Wildman–Crippen LogP) is 3.44. The van der Waals surface area contributed by atoms with Crippen molar-refractivity contribution in [3.63, 3.8) is 0 Å². The highest BCUT2D eigenvalue weighted by atomic mass is 28.3. The third-order valence-electron chi connectivity index (χ3n) is 6.77. The molecule has 0 atom stereocenters. The molecule has 6 rings (SSSR count). The topological polar surface area (TPSA) is 17.0 Å². The van der Waals surface area contributed by atoms with Crippen molar-refractivity contribution in [3.05, 3.63) is 115 Å². The number of nitrogens with zero attached hydrogens (tertiary/aromatic N) is 1. The van der Waals surface area contributed by atoms with E-state index in [1.54, 1.807) is 0 Å². The Kier molecular flexibility index (Phi) is 4.27. The van der Waals surface area contributed by atoms with Crippen molar-refractivity contribution < 1.29 is 8.98 Å². The number of oxazole rings is 1. The molecule has 0 aliphatic carbocycles. The third kappa shape index (κ3) is 2.49. The first-order valence-corrected chi connectivity index (χ1v) is 13.0. The number of hydrogen-bond donors (Lipinski definition) is 0. The molecule has 0 amide bonds. The molecule has 0 spiro atoms. The van der Waals surface area contributed by atoms with Gasteiger partial charge in [0.25, 0.3) is 0 Å². The average molecular weight is 431 g/mol. The van der Waals surface area contributed by atoms with E-state index in [9.17, 15) is 0 Å². The van der Waals surface area contributed by atoms with Gasteiger partial charge < -0.3 is 4.42 Å². The Bertz CT molecular complexity index is 1400. The van der Waals surface area contributed by atoms with Crippen LogP contribution in [-0.4, -0.2) is 8.07 Å². The first-order valence-electron chi connectivity index (χ1n) is 11.0. The van der Waals surface area contributed by atoms with E-state index in [2.05, 4.69) is 128 Å². The summed E-state index contributed by atoms with van der Waals surface area (Å²) in [6.45, 7) is 2.15. The van der Waals surface area contributed by atoms with Crippen LogP contribution in [0.15, 0.2) is 114 Å². The second kappa shape index (κ2) is 7.18. The average Bonchev–Trinajstić information content (AvgIpc) is 3.33. The lowest BCUT2D eigenvalue weighted by Gasteiger charge is -2.27. The van der Waals surface area contributed by atoms with Crippen molar-refractivity contribution in [1.29, 1.82) is 0 Å². The first-order chi connectivity index (χ1) is 15.7. The Balaban J connectivity index is 1.77. The van der Waals surface area contributed by atoms with Crippen LogP contribution < -0.4 is 25.5 Å². The first kappa shape index (κ1) is 19.0. The fourth-order valence-electron chi connectivity index (χ4n) is 5.33. The van der Waals surface area contributed by atoms with Crippen LogP contribution >= 0.6 is 0 Å². The zero-order chi connectivity index (χ0) is 21.7. The minimum atomic E-state index is -2.57. The van der Waals surface area contributed by atoms with Gasteiger partial charge in [0.15, 0.2) is 5.38 Å².